The van der Waals surface area contributed by atoms with Crippen LogP contribution in [0, 0.1) is 5.41 Å². The topological polar surface area (TPSA) is 62.2 Å². The molecular weight excluding hydrogens is 276 g/mol. The van der Waals surface area contributed by atoms with Gasteiger partial charge in [-0.15, -0.1) is 0 Å². The molecule has 0 aliphatic heterocycles. The Morgan fingerprint density at radius 2 is 2.50 bits per heavy atom. The highest BCUT2D eigenvalue weighted by atomic mass is 35.5. The summed E-state index contributed by atoms with van der Waals surface area (Å²) in [6, 6.07) is 3.51. The van der Waals surface area contributed by atoms with Crippen molar-refractivity contribution >= 4 is 23.6 Å². The highest BCUT2D eigenvalue weighted by Crippen LogP contribution is 2.37. The van der Waals surface area contributed by atoms with E-state index in [1.807, 2.05) is 6.92 Å². The molecule has 1 aliphatic rings. The van der Waals surface area contributed by atoms with Gasteiger partial charge in [0.1, 0.15) is 5.15 Å². The van der Waals surface area contributed by atoms with Crippen LogP contribution in [0.25, 0.3) is 6.08 Å². The largest absolute Gasteiger partial charge is 0.396 e. The highest BCUT2D eigenvalue weighted by molar-refractivity contribution is 6.29. The highest BCUT2D eigenvalue weighted by Gasteiger charge is 2.38. The Morgan fingerprint density at radius 3 is 3.20 bits per heavy atom. The molecule has 20 heavy (non-hydrogen) atoms. The minimum absolute atomic E-state index is 0.0330. The summed E-state index contributed by atoms with van der Waals surface area (Å²) >= 11 is 5.78. The number of aliphatic hydroxyl groups excluding tert-OH is 1. The number of carbonyl (C=O) groups is 1. The number of carbonyl (C=O) groups excluding carboxylic acids is 1. The summed E-state index contributed by atoms with van der Waals surface area (Å²) in [5.41, 5.74) is 0.625. The lowest BCUT2D eigenvalue weighted by molar-refractivity contribution is -0.117. The molecule has 0 aromatic carbocycles. The van der Waals surface area contributed by atoms with Crippen molar-refractivity contribution in [1.82, 2.24) is 10.3 Å². The van der Waals surface area contributed by atoms with E-state index in [1.165, 1.54) is 6.08 Å². The number of amides is 1. The maximum absolute atomic E-state index is 11.9. The molecule has 4 nitrogen and oxygen atoms in total. The molecule has 1 fully saturated rings. The number of hydrogen-bond acceptors (Lipinski definition) is 3. The van der Waals surface area contributed by atoms with Gasteiger partial charge in [-0.1, -0.05) is 24.9 Å². The molecule has 2 rings (SSSR count). The van der Waals surface area contributed by atoms with Gasteiger partial charge in [0.15, 0.2) is 0 Å². The summed E-state index contributed by atoms with van der Waals surface area (Å²) in [4.78, 5) is 15.8. The first-order chi connectivity index (χ1) is 9.53. The van der Waals surface area contributed by atoms with Gasteiger partial charge in [-0.05, 0) is 36.6 Å². The van der Waals surface area contributed by atoms with Gasteiger partial charge in [0.25, 0.3) is 0 Å². The Morgan fingerprint density at radius 1 is 1.70 bits per heavy atom. The van der Waals surface area contributed by atoms with Crippen LogP contribution >= 0.6 is 11.6 Å². The number of nitrogens with one attached hydrogen (secondary N) is 1. The van der Waals surface area contributed by atoms with Gasteiger partial charge in [0.05, 0.1) is 6.61 Å². The first-order valence-electron chi connectivity index (χ1n) is 6.74. The van der Waals surface area contributed by atoms with Crippen molar-refractivity contribution in [2.24, 2.45) is 5.41 Å². The van der Waals surface area contributed by atoms with Crippen LogP contribution < -0.4 is 5.32 Å². The van der Waals surface area contributed by atoms with Crippen molar-refractivity contribution < 1.29 is 9.90 Å². The zero-order valence-electron chi connectivity index (χ0n) is 11.5. The molecule has 1 amide bonds. The second-order valence-electron chi connectivity index (χ2n) is 5.51. The second-order valence-corrected chi connectivity index (χ2v) is 5.90. The number of rotatable bonds is 4. The smallest absolute Gasteiger partial charge is 0.244 e. The fraction of sp³-hybridized carbons (Fsp3) is 0.467. The first-order valence-corrected chi connectivity index (χ1v) is 7.12. The molecule has 5 heteroatoms. The Balaban J connectivity index is 1.96. The molecular formula is C15H19ClN2O2. The Hall–Kier alpha value is -1.39. The molecule has 2 N–H and O–H groups in total. The van der Waals surface area contributed by atoms with Crippen molar-refractivity contribution in [2.45, 2.75) is 32.2 Å². The summed E-state index contributed by atoms with van der Waals surface area (Å²) in [6.07, 6.45) is 7.68. The summed E-state index contributed by atoms with van der Waals surface area (Å²) < 4.78 is 0. The van der Waals surface area contributed by atoms with E-state index in [0.717, 1.165) is 24.8 Å². The fourth-order valence-electron chi connectivity index (χ4n) is 2.58. The van der Waals surface area contributed by atoms with Crippen molar-refractivity contribution in [1.29, 1.82) is 0 Å². The van der Waals surface area contributed by atoms with Crippen LogP contribution in [0.3, 0.4) is 0 Å². The number of pyridine rings is 1. The molecule has 1 heterocycles. The Labute approximate surface area is 123 Å². The normalized spacial score (nSPS) is 26.1. The van der Waals surface area contributed by atoms with E-state index >= 15 is 0 Å². The van der Waals surface area contributed by atoms with Crippen LogP contribution in [0.4, 0.5) is 0 Å². The number of nitrogens with zero attached hydrogens (tertiary/aromatic N) is 1. The van der Waals surface area contributed by atoms with Crippen molar-refractivity contribution in [3.63, 3.8) is 0 Å². The molecule has 0 spiro atoms. The van der Waals surface area contributed by atoms with Gasteiger partial charge in [0.2, 0.25) is 5.91 Å². The molecule has 0 saturated heterocycles. The molecule has 0 radical (unpaired) electrons. The van der Waals surface area contributed by atoms with Gasteiger partial charge in [-0.3, -0.25) is 4.79 Å². The number of halogens is 1. The zero-order valence-corrected chi connectivity index (χ0v) is 12.2. The van der Waals surface area contributed by atoms with Crippen LogP contribution in [0.15, 0.2) is 24.4 Å². The van der Waals surface area contributed by atoms with Crippen LogP contribution in [0.1, 0.15) is 31.7 Å². The quantitative estimate of drug-likeness (QED) is 0.662. The lowest BCUT2D eigenvalue weighted by Crippen LogP contribution is -2.44. The van der Waals surface area contributed by atoms with Crippen LogP contribution in [-0.2, 0) is 4.79 Å². The van der Waals surface area contributed by atoms with E-state index in [9.17, 15) is 9.90 Å². The van der Waals surface area contributed by atoms with Gasteiger partial charge >= 0.3 is 0 Å². The predicted octanol–water partition coefficient (Wildman–Crippen LogP) is 2.42. The minimum Gasteiger partial charge on any atom is -0.396 e. The lowest BCUT2D eigenvalue weighted by atomic mass is 9.86. The lowest BCUT2D eigenvalue weighted by Gasteiger charge is -2.29. The molecule has 1 aromatic heterocycles. The van der Waals surface area contributed by atoms with Gasteiger partial charge in [-0.25, -0.2) is 4.98 Å². The molecule has 108 valence electrons. The van der Waals surface area contributed by atoms with Crippen LogP contribution in [0.2, 0.25) is 5.15 Å². The summed E-state index contributed by atoms with van der Waals surface area (Å²) in [5.74, 6) is -0.149. The molecule has 2 atom stereocenters. The van der Waals surface area contributed by atoms with E-state index in [1.54, 1.807) is 24.4 Å². The van der Waals surface area contributed by atoms with E-state index in [2.05, 4.69) is 10.3 Å². The Kier molecular flexibility index (Phi) is 4.78. The number of hydrogen-bond donors (Lipinski definition) is 2. The maximum atomic E-state index is 11.9. The first kappa shape index (κ1) is 15.0. The maximum Gasteiger partial charge on any atom is 0.244 e. The molecule has 0 bridgehead atoms. The molecule has 2 unspecified atom stereocenters. The molecule has 1 aromatic rings. The van der Waals surface area contributed by atoms with Crippen molar-refractivity contribution in [2.75, 3.05) is 6.61 Å². The van der Waals surface area contributed by atoms with Gasteiger partial charge in [0, 0.05) is 23.7 Å². The SMILES string of the molecule is CC1(CO)CCCC1NC(=O)/C=C/c1ccnc(Cl)c1. The molecule has 1 saturated carbocycles. The summed E-state index contributed by atoms with van der Waals surface area (Å²) in [6.45, 7) is 2.11. The average molecular weight is 295 g/mol. The third kappa shape index (κ3) is 3.58. The number of aromatic nitrogens is 1. The predicted molar refractivity (Wildman–Crippen MR) is 79.3 cm³/mol. The van der Waals surface area contributed by atoms with Crippen molar-refractivity contribution in [3.8, 4) is 0 Å². The second kappa shape index (κ2) is 6.37. The van der Waals surface area contributed by atoms with E-state index in [-0.39, 0.29) is 24.0 Å². The van der Waals surface area contributed by atoms with Crippen LogP contribution in [-0.4, -0.2) is 28.6 Å². The van der Waals surface area contributed by atoms with Gasteiger partial charge in [-0.2, -0.15) is 0 Å². The van der Waals surface area contributed by atoms with E-state index in [4.69, 9.17) is 11.6 Å². The third-order valence-electron chi connectivity index (χ3n) is 3.94. The summed E-state index contributed by atoms with van der Waals surface area (Å²) in [5, 5.41) is 12.8. The average Bonchev–Trinajstić information content (AvgIpc) is 2.79. The van der Waals surface area contributed by atoms with Gasteiger partial charge < -0.3 is 10.4 Å². The minimum atomic E-state index is -0.205. The monoisotopic (exact) mass is 294 g/mol. The fourth-order valence-corrected chi connectivity index (χ4v) is 2.76. The van der Waals surface area contributed by atoms with E-state index < -0.39 is 0 Å². The standard InChI is InChI=1S/C15H19ClN2O2/c1-15(10-19)7-2-3-12(15)18-14(20)5-4-11-6-8-17-13(16)9-11/h4-6,8-9,12,19H,2-3,7,10H2,1H3,(H,18,20)/b5-4+. The molecule has 1 aliphatic carbocycles. The number of aliphatic hydroxyl groups is 1. The third-order valence-corrected chi connectivity index (χ3v) is 4.14. The zero-order chi connectivity index (χ0) is 14.6. The van der Waals surface area contributed by atoms with Crippen molar-refractivity contribution in [3.05, 3.63) is 35.1 Å². The Bertz CT molecular complexity index is 518. The summed E-state index contributed by atoms with van der Waals surface area (Å²) in [7, 11) is 0. The van der Waals surface area contributed by atoms with E-state index in [0.29, 0.717) is 5.15 Å². The van der Waals surface area contributed by atoms with Crippen LogP contribution in [0.5, 0.6) is 0 Å².